The molecule has 1 amide bonds. The van der Waals surface area contributed by atoms with Crippen molar-refractivity contribution in [2.45, 2.75) is 32.6 Å². The summed E-state index contributed by atoms with van der Waals surface area (Å²) in [7, 11) is 0. The summed E-state index contributed by atoms with van der Waals surface area (Å²) < 4.78 is 13.2. The predicted octanol–water partition coefficient (Wildman–Crippen LogP) is 8.29. The van der Waals surface area contributed by atoms with E-state index in [2.05, 4.69) is 79.8 Å². The number of halogens is 1. The zero-order valence-corrected chi connectivity index (χ0v) is 20.5. The van der Waals surface area contributed by atoms with E-state index in [0.29, 0.717) is 11.5 Å². The van der Waals surface area contributed by atoms with Gasteiger partial charge in [0.05, 0.1) is 0 Å². The van der Waals surface area contributed by atoms with Gasteiger partial charge in [-0.25, -0.2) is 4.39 Å². The third-order valence-corrected chi connectivity index (χ3v) is 7.79. The van der Waals surface area contributed by atoms with Crippen LogP contribution in [0.4, 0.5) is 10.1 Å². The van der Waals surface area contributed by atoms with Crippen LogP contribution in [-0.4, -0.2) is 5.91 Å². The van der Waals surface area contributed by atoms with Crippen LogP contribution in [0.5, 0.6) is 0 Å². The average molecular weight is 474 g/mol. The predicted molar refractivity (Wildman–Crippen MR) is 146 cm³/mol. The molecule has 1 aliphatic rings. The number of anilines is 1. The molecule has 0 saturated carbocycles. The zero-order chi connectivity index (χ0) is 24.9. The van der Waals surface area contributed by atoms with E-state index < -0.39 is 0 Å². The lowest BCUT2D eigenvalue weighted by atomic mass is 9.63. The summed E-state index contributed by atoms with van der Waals surface area (Å²) in [5, 5.41) is 8.25. The normalized spacial score (nSPS) is 16.6. The van der Waals surface area contributed by atoms with Gasteiger partial charge in [-0.1, -0.05) is 74.5 Å². The van der Waals surface area contributed by atoms with Gasteiger partial charge >= 0.3 is 0 Å². The Balaban J connectivity index is 1.33. The Morgan fingerprint density at radius 1 is 0.833 bits per heavy atom. The van der Waals surface area contributed by atoms with E-state index in [1.807, 2.05) is 12.1 Å². The molecule has 0 aliphatic heterocycles. The standard InChI is InChI=1S/C33H28FNO/c1-33(2)20-30-23(13-17-28-27-9-4-3-6-21(27)12-16-29(28)30)19-31(33)24-7-5-8-26(18-24)35-32(36)22-10-14-25(34)15-11-22/h3-18,31H,19-20H2,1-2H3,(H,35,36). The van der Waals surface area contributed by atoms with E-state index >= 15 is 0 Å². The van der Waals surface area contributed by atoms with Crippen molar-refractivity contribution in [3.8, 4) is 0 Å². The Morgan fingerprint density at radius 3 is 2.44 bits per heavy atom. The van der Waals surface area contributed by atoms with Crippen LogP contribution in [0.2, 0.25) is 0 Å². The minimum Gasteiger partial charge on any atom is -0.322 e. The van der Waals surface area contributed by atoms with Crippen molar-refractivity contribution in [3.05, 3.63) is 125 Å². The Morgan fingerprint density at radius 2 is 1.61 bits per heavy atom. The van der Waals surface area contributed by atoms with E-state index in [1.54, 1.807) is 0 Å². The summed E-state index contributed by atoms with van der Waals surface area (Å²) in [4.78, 5) is 12.7. The molecule has 0 aromatic heterocycles. The molecule has 1 N–H and O–H groups in total. The minimum atomic E-state index is -0.352. The van der Waals surface area contributed by atoms with Crippen molar-refractivity contribution in [1.82, 2.24) is 0 Å². The topological polar surface area (TPSA) is 29.1 Å². The Hall–Kier alpha value is -3.98. The first-order chi connectivity index (χ1) is 17.4. The van der Waals surface area contributed by atoms with Gasteiger partial charge in [-0.2, -0.15) is 0 Å². The summed E-state index contributed by atoms with van der Waals surface area (Å²) in [5.74, 6) is -0.265. The number of rotatable bonds is 3. The van der Waals surface area contributed by atoms with E-state index in [4.69, 9.17) is 0 Å². The molecular formula is C33H28FNO. The van der Waals surface area contributed by atoms with Crippen molar-refractivity contribution < 1.29 is 9.18 Å². The van der Waals surface area contributed by atoms with Crippen LogP contribution in [-0.2, 0) is 12.8 Å². The van der Waals surface area contributed by atoms with Gasteiger partial charge in [0.1, 0.15) is 5.82 Å². The largest absolute Gasteiger partial charge is 0.322 e. The van der Waals surface area contributed by atoms with E-state index in [0.717, 1.165) is 18.5 Å². The molecular weight excluding hydrogens is 445 g/mol. The summed E-state index contributed by atoms with van der Waals surface area (Å²) >= 11 is 0. The molecule has 178 valence electrons. The molecule has 3 heteroatoms. The molecule has 5 aromatic carbocycles. The highest BCUT2D eigenvalue weighted by molar-refractivity contribution is 6.09. The van der Waals surface area contributed by atoms with Gasteiger partial charge < -0.3 is 5.32 Å². The van der Waals surface area contributed by atoms with Crippen molar-refractivity contribution in [2.24, 2.45) is 5.41 Å². The van der Waals surface area contributed by atoms with Gasteiger partial charge in [0.15, 0.2) is 0 Å². The number of nitrogens with one attached hydrogen (secondary N) is 1. The van der Waals surface area contributed by atoms with E-state index in [9.17, 15) is 9.18 Å². The van der Waals surface area contributed by atoms with Crippen LogP contribution in [0.25, 0.3) is 21.5 Å². The first-order valence-electron chi connectivity index (χ1n) is 12.5. The summed E-state index contributed by atoms with van der Waals surface area (Å²) in [6.45, 7) is 4.70. The zero-order valence-electron chi connectivity index (χ0n) is 20.5. The highest BCUT2D eigenvalue weighted by Gasteiger charge is 2.36. The van der Waals surface area contributed by atoms with Crippen molar-refractivity contribution in [3.63, 3.8) is 0 Å². The van der Waals surface area contributed by atoms with E-state index in [-0.39, 0.29) is 17.1 Å². The van der Waals surface area contributed by atoms with Crippen LogP contribution in [0.3, 0.4) is 0 Å². The first-order valence-corrected chi connectivity index (χ1v) is 12.5. The SMILES string of the molecule is CC1(C)Cc2c(ccc3c2ccc2ccccc23)CC1c1cccc(NC(=O)c2ccc(F)cc2)c1. The van der Waals surface area contributed by atoms with Crippen LogP contribution in [0.15, 0.2) is 97.1 Å². The highest BCUT2D eigenvalue weighted by atomic mass is 19.1. The molecule has 0 heterocycles. The maximum Gasteiger partial charge on any atom is 0.255 e. The fourth-order valence-electron chi connectivity index (χ4n) is 5.88. The Kier molecular flexibility index (Phi) is 5.37. The van der Waals surface area contributed by atoms with Gasteiger partial charge in [0, 0.05) is 11.3 Å². The van der Waals surface area contributed by atoms with Gasteiger partial charge in [0.25, 0.3) is 5.91 Å². The molecule has 1 atom stereocenters. The van der Waals surface area contributed by atoms with Crippen molar-refractivity contribution in [2.75, 3.05) is 5.32 Å². The van der Waals surface area contributed by atoms with Gasteiger partial charge in [0.2, 0.25) is 0 Å². The summed E-state index contributed by atoms with van der Waals surface area (Å²) in [5.41, 5.74) is 5.33. The summed E-state index contributed by atoms with van der Waals surface area (Å²) in [6, 6.07) is 31.5. The quantitative estimate of drug-likeness (QED) is 0.262. The van der Waals surface area contributed by atoms with Crippen LogP contribution in [0, 0.1) is 11.2 Å². The monoisotopic (exact) mass is 473 g/mol. The molecule has 36 heavy (non-hydrogen) atoms. The number of hydrogen-bond acceptors (Lipinski definition) is 1. The van der Waals surface area contributed by atoms with Crippen LogP contribution < -0.4 is 5.32 Å². The maximum atomic E-state index is 13.2. The number of carbonyl (C=O) groups excluding carboxylic acids is 1. The first kappa shape index (κ1) is 22.5. The Bertz CT molecular complexity index is 1620. The average Bonchev–Trinajstić information content (AvgIpc) is 2.88. The van der Waals surface area contributed by atoms with Crippen LogP contribution in [0.1, 0.15) is 46.8 Å². The second kappa shape index (κ2) is 8.60. The molecule has 0 saturated heterocycles. The van der Waals surface area contributed by atoms with Crippen LogP contribution >= 0.6 is 0 Å². The fraction of sp³-hybridized carbons (Fsp3) is 0.182. The number of amides is 1. The minimum absolute atomic E-state index is 0.0481. The van der Waals surface area contributed by atoms with Crippen molar-refractivity contribution in [1.29, 1.82) is 0 Å². The highest BCUT2D eigenvalue weighted by Crippen LogP contribution is 2.48. The smallest absolute Gasteiger partial charge is 0.255 e. The molecule has 0 fully saturated rings. The lowest BCUT2D eigenvalue weighted by Gasteiger charge is -2.41. The third kappa shape index (κ3) is 3.95. The van der Waals surface area contributed by atoms with Gasteiger partial charge in [-0.05, 0) is 98.8 Å². The van der Waals surface area contributed by atoms with Crippen molar-refractivity contribution >= 4 is 33.1 Å². The molecule has 5 aromatic rings. The lowest BCUT2D eigenvalue weighted by molar-refractivity contribution is 0.102. The van der Waals surface area contributed by atoms with Gasteiger partial charge in [-0.15, -0.1) is 0 Å². The maximum absolute atomic E-state index is 13.2. The molecule has 0 bridgehead atoms. The molecule has 2 nitrogen and oxygen atoms in total. The molecule has 0 radical (unpaired) electrons. The number of hydrogen-bond donors (Lipinski definition) is 1. The summed E-state index contributed by atoms with van der Waals surface area (Å²) in [6.07, 6.45) is 1.95. The molecule has 6 rings (SSSR count). The second-order valence-electron chi connectivity index (χ2n) is 10.6. The molecule has 1 unspecified atom stereocenters. The fourth-order valence-corrected chi connectivity index (χ4v) is 5.88. The number of benzene rings is 5. The van der Waals surface area contributed by atoms with E-state index in [1.165, 1.54) is 62.5 Å². The lowest BCUT2D eigenvalue weighted by Crippen LogP contribution is -2.31. The Labute approximate surface area is 210 Å². The second-order valence-corrected chi connectivity index (χ2v) is 10.6. The third-order valence-electron chi connectivity index (χ3n) is 7.79. The van der Waals surface area contributed by atoms with Gasteiger partial charge in [-0.3, -0.25) is 4.79 Å². The molecule has 0 spiro atoms. The number of carbonyl (C=O) groups is 1. The number of fused-ring (bicyclic) bond motifs is 5. The molecule has 1 aliphatic carbocycles.